The molecule has 3 heteroatoms. The van der Waals surface area contributed by atoms with Crippen molar-refractivity contribution in [2.24, 2.45) is 0 Å². The molecule has 3 nitrogen and oxygen atoms in total. The highest BCUT2D eigenvalue weighted by Gasteiger charge is 2.31. The van der Waals surface area contributed by atoms with Gasteiger partial charge in [0, 0.05) is 23.7 Å². The maximum atomic E-state index is 5.84. The number of fused-ring (bicyclic) bond motifs is 1. The molecule has 0 unspecified atom stereocenters. The Labute approximate surface area is 152 Å². The molecule has 0 aromatic heterocycles. The molecule has 138 valence electrons. The molecule has 0 bridgehead atoms. The van der Waals surface area contributed by atoms with Crippen LogP contribution >= 0.6 is 0 Å². The molecule has 0 saturated carbocycles. The largest absolute Gasteiger partial charge is 0.492 e. The van der Waals surface area contributed by atoms with Crippen LogP contribution in [0, 0.1) is 0 Å². The van der Waals surface area contributed by atoms with E-state index in [9.17, 15) is 0 Å². The number of ether oxygens (including phenoxy) is 3. The fourth-order valence-corrected chi connectivity index (χ4v) is 2.92. The Bertz CT molecular complexity index is 639. The van der Waals surface area contributed by atoms with Gasteiger partial charge in [-0.15, -0.1) is 0 Å². The number of hydrogen-bond donors (Lipinski definition) is 0. The Hall–Kier alpha value is -1.74. The predicted octanol–water partition coefficient (Wildman–Crippen LogP) is 5.44. The minimum Gasteiger partial charge on any atom is -0.492 e. The minimum atomic E-state index is -0.111. The third-order valence-electron chi connectivity index (χ3n) is 4.45. The van der Waals surface area contributed by atoms with Gasteiger partial charge in [-0.25, -0.2) is 0 Å². The lowest BCUT2D eigenvalue weighted by Crippen LogP contribution is -2.23. The molecule has 2 rings (SSSR count). The number of hydrogen-bond acceptors (Lipinski definition) is 3. The van der Waals surface area contributed by atoms with Crippen LogP contribution < -0.4 is 9.47 Å². The summed E-state index contributed by atoms with van der Waals surface area (Å²) in [6.07, 6.45) is 7.26. The Morgan fingerprint density at radius 2 is 2.08 bits per heavy atom. The lowest BCUT2D eigenvalue weighted by molar-refractivity contribution is -0.00732. The molecule has 1 aliphatic rings. The number of benzene rings is 1. The van der Waals surface area contributed by atoms with Crippen molar-refractivity contribution in [2.75, 3.05) is 19.8 Å². The number of rotatable bonds is 8. The van der Waals surface area contributed by atoms with Crippen LogP contribution in [-0.4, -0.2) is 25.4 Å². The van der Waals surface area contributed by atoms with Gasteiger partial charge < -0.3 is 14.2 Å². The Morgan fingerprint density at radius 1 is 1.32 bits per heavy atom. The first-order chi connectivity index (χ1) is 11.7. The summed E-state index contributed by atoms with van der Waals surface area (Å²) < 4.78 is 17.3. The van der Waals surface area contributed by atoms with E-state index >= 15 is 0 Å². The van der Waals surface area contributed by atoms with Crippen LogP contribution in [0.15, 0.2) is 42.0 Å². The summed E-state index contributed by atoms with van der Waals surface area (Å²) >= 11 is 0. The van der Waals surface area contributed by atoms with E-state index in [1.165, 1.54) is 11.1 Å². The van der Waals surface area contributed by atoms with Gasteiger partial charge in [0.25, 0.3) is 0 Å². The van der Waals surface area contributed by atoms with Gasteiger partial charge in [0.1, 0.15) is 18.1 Å². The highest BCUT2D eigenvalue weighted by molar-refractivity contribution is 5.47. The molecule has 0 saturated heterocycles. The zero-order valence-corrected chi connectivity index (χ0v) is 16.5. The molecule has 25 heavy (non-hydrogen) atoms. The second kappa shape index (κ2) is 8.09. The van der Waals surface area contributed by atoms with E-state index in [1.54, 1.807) is 0 Å². The Balaban J connectivity index is 1.84. The second-order valence-corrected chi connectivity index (χ2v) is 7.89. The van der Waals surface area contributed by atoms with Gasteiger partial charge in [-0.3, -0.25) is 0 Å². The summed E-state index contributed by atoms with van der Waals surface area (Å²) in [5, 5.41) is 0. The highest BCUT2D eigenvalue weighted by Crippen LogP contribution is 2.40. The van der Waals surface area contributed by atoms with Gasteiger partial charge in [-0.1, -0.05) is 37.6 Å². The van der Waals surface area contributed by atoms with Crippen LogP contribution in [0.1, 0.15) is 53.5 Å². The third kappa shape index (κ3) is 5.64. The van der Waals surface area contributed by atoms with E-state index in [0.717, 1.165) is 31.1 Å². The fourth-order valence-electron chi connectivity index (χ4n) is 2.92. The molecule has 0 spiro atoms. The van der Waals surface area contributed by atoms with E-state index in [1.807, 2.05) is 19.1 Å². The van der Waals surface area contributed by atoms with Crippen molar-refractivity contribution in [3.63, 3.8) is 0 Å². The molecule has 0 aliphatic carbocycles. The summed E-state index contributed by atoms with van der Waals surface area (Å²) in [5.41, 5.74) is 2.42. The minimum absolute atomic E-state index is 0.0877. The van der Waals surface area contributed by atoms with Crippen molar-refractivity contribution in [2.45, 2.75) is 59.0 Å². The van der Waals surface area contributed by atoms with Crippen LogP contribution in [0.5, 0.6) is 11.5 Å². The average molecular weight is 344 g/mol. The van der Waals surface area contributed by atoms with E-state index in [0.29, 0.717) is 6.61 Å². The van der Waals surface area contributed by atoms with Crippen molar-refractivity contribution < 1.29 is 14.2 Å². The van der Waals surface area contributed by atoms with Gasteiger partial charge in [0.2, 0.25) is 0 Å². The lowest BCUT2D eigenvalue weighted by atomic mass is 9.87. The average Bonchev–Trinajstić information content (AvgIpc) is 2.82. The Kier molecular flexibility index (Phi) is 6.34. The summed E-state index contributed by atoms with van der Waals surface area (Å²) in [5.74, 6) is 1.79. The van der Waals surface area contributed by atoms with E-state index in [-0.39, 0.29) is 11.0 Å². The maximum absolute atomic E-state index is 5.84. The van der Waals surface area contributed by atoms with E-state index in [4.69, 9.17) is 14.2 Å². The Morgan fingerprint density at radius 3 is 2.80 bits per heavy atom. The highest BCUT2D eigenvalue weighted by atomic mass is 16.5. The van der Waals surface area contributed by atoms with Crippen LogP contribution in [0.25, 0.3) is 0 Å². The molecule has 1 aromatic carbocycles. The van der Waals surface area contributed by atoms with Gasteiger partial charge in [-0.2, -0.15) is 0 Å². The molecule has 0 atom stereocenters. The normalized spacial score (nSPS) is 16.8. The predicted molar refractivity (Wildman–Crippen MR) is 104 cm³/mol. The fraction of sp³-hybridized carbons (Fsp3) is 0.545. The maximum Gasteiger partial charge on any atom is 0.126 e. The van der Waals surface area contributed by atoms with Crippen LogP contribution in [0.4, 0.5) is 0 Å². The van der Waals surface area contributed by atoms with Crippen molar-refractivity contribution in [1.82, 2.24) is 0 Å². The summed E-state index contributed by atoms with van der Waals surface area (Å²) in [7, 11) is 0. The molecule has 0 fully saturated rings. The van der Waals surface area contributed by atoms with Crippen molar-refractivity contribution >= 4 is 0 Å². The first-order valence-electron chi connectivity index (χ1n) is 9.11. The van der Waals surface area contributed by atoms with Crippen molar-refractivity contribution in [1.29, 1.82) is 0 Å². The van der Waals surface area contributed by atoms with Crippen LogP contribution in [0.2, 0.25) is 0 Å². The molecule has 0 amide bonds. The molecular weight excluding hydrogens is 312 g/mol. The molecule has 0 N–H and O–H groups in total. The SMILES string of the molecule is CCOC(C)(C)C/C=C/C(C)=C/COc1ccc2c(c1)OCC2(C)C. The molecule has 1 aliphatic heterocycles. The second-order valence-electron chi connectivity index (χ2n) is 7.89. The molecule has 1 aromatic rings. The van der Waals surface area contributed by atoms with Crippen LogP contribution in [-0.2, 0) is 10.2 Å². The first-order valence-corrected chi connectivity index (χ1v) is 9.11. The molecule has 0 radical (unpaired) electrons. The zero-order chi connectivity index (χ0) is 18.5. The monoisotopic (exact) mass is 344 g/mol. The van der Waals surface area contributed by atoms with E-state index < -0.39 is 0 Å². The standard InChI is InChI=1S/C22H32O3/c1-7-25-22(5,6)13-8-9-17(2)12-14-23-18-10-11-19-20(15-18)24-16-21(19,3)4/h8-12,15H,7,13-14,16H2,1-6H3/b9-8+,17-12+. The topological polar surface area (TPSA) is 27.7 Å². The molecular formula is C22H32O3. The summed E-state index contributed by atoms with van der Waals surface area (Å²) in [6.45, 7) is 14.8. The summed E-state index contributed by atoms with van der Waals surface area (Å²) in [6, 6.07) is 6.14. The van der Waals surface area contributed by atoms with Crippen molar-refractivity contribution in [3.05, 3.63) is 47.6 Å². The van der Waals surface area contributed by atoms with Gasteiger partial charge >= 0.3 is 0 Å². The molecule has 1 heterocycles. The van der Waals surface area contributed by atoms with Gasteiger partial charge in [0.15, 0.2) is 0 Å². The third-order valence-corrected chi connectivity index (χ3v) is 4.45. The van der Waals surface area contributed by atoms with E-state index in [2.05, 4.69) is 58.9 Å². The van der Waals surface area contributed by atoms with Crippen molar-refractivity contribution in [3.8, 4) is 11.5 Å². The number of allylic oxidation sites excluding steroid dienone is 2. The van der Waals surface area contributed by atoms with Crippen LogP contribution in [0.3, 0.4) is 0 Å². The first kappa shape index (κ1) is 19.6. The van der Waals surface area contributed by atoms with Gasteiger partial charge in [0.05, 0.1) is 12.2 Å². The lowest BCUT2D eigenvalue weighted by Gasteiger charge is -2.22. The quantitative estimate of drug-likeness (QED) is 0.587. The smallest absolute Gasteiger partial charge is 0.126 e. The summed E-state index contributed by atoms with van der Waals surface area (Å²) in [4.78, 5) is 0. The van der Waals surface area contributed by atoms with Gasteiger partial charge in [-0.05, 0) is 46.3 Å². The zero-order valence-electron chi connectivity index (χ0n) is 16.5.